The Morgan fingerprint density at radius 1 is 1.00 bits per heavy atom. The zero-order valence-electron chi connectivity index (χ0n) is 22.2. The number of hydrogen-bond donors (Lipinski definition) is 1. The van der Waals surface area contributed by atoms with Crippen LogP contribution >= 0.6 is 35.0 Å². The molecule has 1 aliphatic heterocycles. The number of hydrogen-bond acceptors (Lipinski definition) is 6. The monoisotopic (exact) mass is 598 g/mol. The molecule has 1 saturated heterocycles. The summed E-state index contributed by atoms with van der Waals surface area (Å²) in [6.07, 6.45) is 1.61. The molecule has 4 rings (SSSR count). The van der Waals surface area contributed by atoms with E-state index in [4.69, 9.17) is 32.7 Å². The summed E-state index contributed by atoms with van der Waals surface area (Å²) in [5.41, 5.74) is 2.92. The Hall–Kier alpha value is -3.46. The summed E-state index contributed by atoms with van der Waals surface area (Å²) < 4.78 is 11.5. The van der Waals surface area contributed by atoms with E-state index in [9.17, 15) is 14.4 Å². The average Bonchev–Trinajstić information content (AvgIpc) is 3.17. The van der Waals surface area contributed by atoms with Crippen molar-refractivity contribution in [3.63, 3.8) is 0 Å². The second-order valence-electron chi connectivity index (χ2n) is 9.19. The Kier molecular flexibility index (Phi) is 9.79. The molecule has 3 amide bonds. The van der Waals surface area contributed by atoms with Crippen molar-refractivity contribution in [3.05, 3.63) is 92.3 Å². The molecule has 0 spiro atoms. The zero-order chi connectivity index (χ0) is 28.8. The van der Waals surface area contributed by atoms with E-state index >= 15 is 0 Å². The summed E-state index contributed by atoms with van der Waals surface area (Å²) in [6.45, 7) is 6.08. The predicted molar refractivity (Wildman–Crippen MR) is 160 cm³/mol. The minimum Gasteiger partial charge on any atom is -0.490 e. The molecule has 0 unspecified atom stereocenters. The highest BCUT2D eigenvalue weighted by atomic mass is 35.5. The summed E-state index contributed by atoms with van der Waals surface area (Å²) >= 11 is 13.3. The highest BCUT2D eigenvalue weighted by molar-refractivity contribution is 8.18. The lowest BCUT2D eigenvalue weighted by Crippen LogP contribution is -2.27. The lowest BCUT2D eigenvalue weighted by molar-refractivity contribution is -0.123. The molecule has 1 N–H and O–H groups in total. The van der Waals surface area contributed by atoms with Crippen LogP contribution < -0.4 is 14.8 Å². The minimum atomic E-state index is -0.442. The third-order valence-corrected chi connectivity index (χ3v) is 7.65. The first-order valence-corrected chi connectivity index (χ1v) is 14.2. The second-order valence-corrected chi connectivity index (χ2v) is 11.0. The largest absolute Gasteiger partial charge is 0.490 e. The number of para-hydroxylation sites is 1. The van der Waals surface area contributed by atoms with Crippen molar-refractivity contribution in [2.45, 2.75) is 33.2 Å². The first-order chi connectivity index (χ1) is 19.2. The average molecular weight is 600 g/mol. The van der Waals surface area contributed by atoms with Crippen molar-refractivity contribution in [2.24, 2.45) is 0 Å². The van der Waals surface area contributed by atoms with Crippen LogP contribution in [0, 0.1) is 0 Å². The summed E-state index contributed by atoms with van der Waals surface area (Å²) in [7, 11) is 0. The van der Waals surface area contributed by atoms with Gasteiger partial charge in [0.25, 0.3) is 17.1 Å². The standard InChI is InChI=1S/C30H28Cl2N2O5S/c1-4-38-26-14-19(12-13-25(26)39-17-28(35)33-24-11-6-5-8-20(24)18(2)3)15-27-29(36)34(30(37)40-27)16-21-22(31)9-7-10-23(21)32/h5-15,18H,4,16-17H2,1-3H3,(H,33,35)/b27-15-. The highest BCUT2D eigenvalue weighted by Gasteiger charge is 2.35. The molecule has 0 aliphatic carbocycles. The van der Waals surface area contributed by atoms with Gasteiger partial charge in [-0.05, 0) is 72.1 Å². The highest BCUT2D eigenvalue weighted by Crippen LogP contribution is 2.37. The summed E-state index contributed by atoms with van der Waals surface area (Å²) in [5, 5.41) is 3.25. The Morgan fingerprint density at radius 3 is 2.42 bits per heavy atom. The van der Waals surface area contributed by atoms with Gasteiger partial charge in [-0.25, -0.2) is 0 Å². The van der Waals surface area contributed by atoms with Gasteiger partial charge >= 0.3 is 0 Å². The minimum absolute atomic E-state index is 0.0266. The normalized spacial score (nSPS) is 14.2. The number of thioether (sulfide) groups is 1. The molecular formula is C30H28Cl2N2O5S. The fraction of sp³-hybridized carbons (Fsp3) is 0.233. The van der Waals surface area contributed by atoms with E-state index in [1.165, 1.54) is 0 Å². The molecule has 1 fully saturated rings. The van der Waals surface area contributed by atoms with Crippen molar-refractivity contribution >= 4 is 63.8 Å². The maximum atomic E-state index is 13.0. The molecule has 3 aromatic carbocycles. The van der Waals surface area contributed by atoms with Gasteiger partial charge in [0, 0.05) is 21.3 Å². The van der Waals surface area contributed by atoms with Crippen LogP contribution in [0.4, 0.5) is 10.5 Å². The Morgan fingerprint density at radius 2 is 1.73 bits per heavy atom. The molecule has 40 heavy (non-hydrogen) atoms. The number of rotatable bonds is 10. The van der Waals surface area contributed by atoms with Crippen LogP contribution in [0.25, 0.3) is 6.08 Å². The van der Waals surface area contributed by atoms with E-state index in [0.29, 0.717) is 39.3 Å². The summed E-state index contributed by atoms with van der Waals surface area (Å²) in [4.78, 5) is 39.7. The number of anilines is 1. The van der Waals surface area contributed by atoms with E-state index in [2.05, 4.69) is 19.2 Å². The van der Waals surface area contributed by atoms with E-state index in [1.807, 2.05) is 31.2 Å². The van der Waals surface area contributed by atoms with Crippen molar-refractivity contribution in [2.75, 3.05) is 18.5 Å². The van der Waals surface area contributed by atoms with Gasteiger partial charge in [0.05, 0.1) is 18.1 Å². The predicted octanol–water partition coefficient (Wildman–Crippen LogP) is 7.77. The molecule has 208 valence electrons. The van der Waals surface area contributed by atoms with Crippen molar-refractivity contribution in [1.82, 2.24) is 4.90 Å². The Labute approximate surface area is 247 Å². The maximum absolute atomic E-state index is 13.0. The van der Waals surface area contributed by atoms with E-state index in [1.54, 1.807) is 42.5 Å². The van der Waals surface area contributed by atoms with Gasteiger partial charge in [-0.1, -0.05) is 67.4 Å². The van der Waals surface area contributed by atoms with Crippen LogP contribution in [0.2, 0.25) is 10.0 Å². The lowest BCUT2D eigenvalue weighted by Gasteiger charge is -2.15. The molecular weight excluding hydrogens is 571 g/mol. The van der Waals surface area contributed by atoms with Crippen LogP contribution in [0.15, 0.2) is 65.6 Å². The molecule has 1 heterocycles. The number of nitrogens with one attached hydrogen (secondary N) is 1. The quantitative estimate of drug-likeness (QED) is 0.240. The van der Waals surface area contributed by atoms with E-state index < -0.39 is 11.1 Å². The molecule has 0 aromatic heterocycles. The second kappa shape index (κ2) is 13.3. The van der Waals surface area contributed by atoms with E-state index in [0.717, 1.165) is 27.9 Å². The number of ether oxygens (including phenoxy) is 2. The number of halogens is 2. The maximum Gasteiger partial charge on any atom is 0.293 e. The zero-order valence-corrected chi connectivity index (χ0v) is 24.5. The van der Waals surface area contributed by atoms with Gasteiger partial charge < -0.3 is 14.8 Å². The SMILES string of the molecule is CCOc1cc(/C=C2\SC(=O)N(Cc3c(Cl)cccc3Cl)C2=O)ccc1OCC(=O)Nc1ccccc1C(C)C. The number of carbonyl (C=O) groups is 3. The molecule has 0 radical (unpaired) electrons. The molecule has 0 bridgehead atoms. The van der Waals surface area contributed by atoms with Gasteiger partial charge in [-0.2, -0.15) is 0 Å². The van der Waals surface area contributed by atoms with E-state index in [-0.39, 0.29) is 29.9 Å². The number of imide groups is 1. The van der Waals surface area contributed by atoms with Gasteiger partial charge in [0.1, 0.15) is 0 Å². The van der Waals surface area contributed by atoms with Crippen molar-refractivity contribution < 1.29 is 23.9 Å². The molecule has 3 aromatic rings. The number of benzene rings is 3. The number of carbonyl (C=O) groups excluding carboxylic acids is 3. The number of nitrogens with zero attached hydrogens (tertiary/aromatic N) is 1. The lowest BCUT2D eigenvalue weighted by atomic mass is 10.0. The van der Waals surface area contributed by atoms with Crippen molar-refractivity contribution in [1.29, 1.82) is 0 Å². The van der Waals surface area contributed by atoms with Crippen LogP contribution in [0.3, 0.4) is 0 Å². The third-order valence-electron chi connectivity index (χ3n) is 6.03. The van der Waals surface area contributed by atoms with Gasteiger partial charge in [0.15, 0.2) is 18.1 Å². The van der Waals surface area contributed by atoms with Gasteiger partial charge in [-0.15, -0.1) is 0 Å². The Balaban J connectivity index is 1.46. The Bertz CT molecular complexity index is 1450. The third kappa shape index (κ3) is 6.99. The topological polar surface area (TPSA) is 84.9 Å². The van der Waals surface area contributed by atoms with Crippen LogP contribution in [0.5, 0.6) is 11.5 Å². The fourth-order valence-electron chi connectivity index (χ4n) is 4.08. The summed E-state index contributed by atoms with van der Waals surface area (Å²) in [5.74, 6) is 0.306. The molecule has 0 saturated carbocycles. The molecule has 1 aliphatic rings. The van der Waals surface area contributed by atoms with Crippen molar-refractivity contribution in [3.8, 4) is 11.5 Å². The molecule has 0 atom stereocenters. The first-order valence-electron chi connectivity index (χ1n) is 12.6. The molecule has 7 nitrogen and oxygen atoms in total. The summed E-state index contributed by atoms with van der Waals surface area (Å²) in [6, 6.07) is 17.7. The van der Waals surface area contributed by atoms with Gasteiger partial charge in [-0.3, -0.25) is 19.3 Å². The van der Waals surface area contributed by atoms with Crippen LogP contribution in [0.1, 0.15) is 43.4 Å². The smallest absolute Gasteiger partial charge is 0.293 e. The van der Waals surface area contributed by atoms with Crippen LogP contribution in [-0.4, -0.2) is 35.2 Å². The van der Waals surface area contributed by atoms with Gasteiger partial charge in [0.2, 0.25) is 0 Å². The number of amides is 3. The van der Waals surface area contributed by atoms with Crippen LogP contribution in [-0.2, 0) is 16.1 Å². The first kappa shape index (κ1) is 29.5. The fourth-order valence-corrected chi connectivity index (χ4v) is 5.43. The molecule has 10 heteroatoms.